The molecule has 3 N–H and O–H groups in total. The lowest BCUT2D eigenvalue weighted by molar-refractivity contribution is -0.0795. The van der Waals surface area contributed by atoms with Crippen LogP contribution in [-0.4, -0.2) is 41.1 Å². The molecule has 1 amide bonds. The molecule has 0 radical (unpaired) electrons. The van der Waals surface area contributed by atoms with Crippen molar-refractivity contribution in [2.75, 3.05) is 25.0 Å². The van der Waals surface area contributed by atoms with Gasteiger partial charge in [-0.3, -0.25) is 4.79 Å². The van der Waals surface area contributed by atoms with Crippen LogP contribution >= 0.6 is 22.6 Å². The van der Waals surface area contributed by atoms with Gasteiger partial charge in [0.1, 0.15) is 11.4 Å². The Bertz CT molecular complexity index is 1440. The van der Waals surface area contributed by atoms with Crippen molar-refractivity contribution in [1.82, 2.24) is 10.2 Å². The van der Waals surface area contributed by atoms with E-state index in [1.165, 1.54) is 23.1 Å². The first-order valence-corrected chi connectivity index (χ1v) is 12.3. The number of nitrogens with zero attached hydrogens (tertiary/aromatic N) is 1. The molecule has 1 unspecified atom stereocenters. The Kier molecular flexibility index (Phi) is 6.71. The fourth-order valence-electron chi connectivity index (χ4n) is 4.50. The number of β-amino-alcohol motifs (C(OH)–C–C–N with tert-alkyl or cyclic N) is 1. The number of carbonyl (C=O) groups excluding carboxylic acids is 1. The molecule has 1 aliphatic carbocycles. The van der Waals surface area contributed by atoms with Crippen molar-refractivity contribution in [3.63, 3.8) is 0 Å². The predicted octanol–water partition coefficient (Wildman–Crippen LogP) is 5.59. The SMILES string of the molecule is O=C(c1ccc(F)c(F)c1Nc1ccc(I)cc1F)N1CC(O)(CNC2C(F)=C(F)c3ccccc32)C1. The van der Waals surface area contributed by atoms with Crippen LogP contribution in [0.15, 0.2) is 60.4 Å². The molecule has 1 fully saturated rings. The molecular weight excluding hydrogens is 608 g/mol. The van der Waals surface area contributed by atoms with Crippen molar-refractivity contribution < 1.29 is 31.9 Å². The molecule has 0 spiro atoms. The number of rotatable bonds is 6. The average Bonchev–Trinajstić information content (AvgIpc) is 3.09. The van der Waals surface area contributed by atoms with Crippen molar-refractivity contribution in [2.45, 2.75) is 11.6 Å². The van der Waals surface area contributed by atoms with Gasteiger partial charge in [-0.1, -0.05) is 24.3 Å². The molecule has 0 bridgehead atoms. The normalized spacial score (nSPS) is 18.0. The summed E-state index contributed by atoms with van der Waals surface area (Å²) in [7, 11) is 0. The third-order valence-corrected chi connectivity index (χ3v) is 7.05. The molecule has 1 heterocycles. The third kappa shape index (κ3) is 4.71. The second-order valence-electron chi connectivity index (χ2n) is 8.98. The summed E-state index contributed by atoms with van der Waals surface area (Å²) < 4.78 is 72.2. The number of halogens is 6. The van der Waals surface area contributed by atoms with E-state index in [0.717, 1.165) is 12.1 Å². The molecule has 5 nitrogen and oxygen atoms in total. The van der Waals surface area contributed by atoms with Gasteiger partial charge >= 0.3 is 0 Å². The van der Waals surface area contributed by atoms with Gasteiger partial charge in [0, 0.05) is 15.7 Å². The number of hydrogen-bond acceptors (Lipinski definition) is 4. The molecule has 11 heteroatoms. The Morgan fingerprint density at radius 1 is 1.03 bits per heavy atom. The lowest BCUT2D eigenvalue weighted by Crippen LogP contribution is -2.67. The van der Waals surface area contributed by atoms with Crippen LogP contribution in [0.25, 0.3) is 5.83 Å². The molecule has 2 aliphatic rings. The van der Waals surface area contributed by atoms with E-state index in [1.54, 1.807) is 24.3 Å². The zero-order chi connectivity index (χ0) is 26.5. The fraction of sp³-hybridized carbons (Fsp3) is 0.192. The fourth-order valence-corrected chi connectivity index (χ4v) is 4.95. The third-order valence-electron chi connectivity index (χ3n) is 6.38. The average molecular weight is 627 g/mol. The molecule has 1 aliphatic heterocycles. The van der Waals surface area contributed by atoms with Gasteiger partial charge in [-0.2, -0.15) is 0 Å². The summed E-state index contributed by atoms with van der Waals surface area (Å²) in [4.78, 5) is 14.3. The first-order chi connectivity index (χ1) is 17.6. The number of aliphatic hydroxyl groups is 1. The van der Waals surface area contributed by atoms with Gasteiger partial charge < -0.3 is 20.6 Å². The van der Waals surface area contributed by atoms with Gasteiger partial charge in [0.05, 0.1) is 36.1 Å². The molecule has 3 aromatic rings. The zero-order valence-electron chi connectivity index (χ0n) is 19.0. The molecule has 1 saturated heterocycles. The molecule has 3 aromatic carbocycles. The number of anilines is 2. The van der Waals surface area contributed by atoms with E-state index in [1.807, 2.05) is 22.6 Å². The van der Waals surface area contributed by atoms with Crippen LogP contribution in [0.5, 0.6) is 0 Å². The molecule has 1 atom stereocenters. The number of nitrogens with one attached hydrogen (secondary N) is 2. The lowest BCUT2D eigenvalue weighted by atomic mass is 9.92. The number of likely N-dealkylation sites (tertiary alicyclic amines) is 1. The van der Waals surface area contributed by atoms with Crippen molar-refractivity contribution in [1.29, 1.82) is 0 Å². The lowest BCUT2D eigenvalue weighted by Gasteiger charge is -2.47. The van der Waals surface area contributed by atoms with E-state index in [0.29, 0.717) is 9.13 Å². The highest BCUT2D eigenvalue weighted by atomic mass is 127. The quantitative estimate of drug-likeness (QED) is 0.247. The Morgan fingerprint density at radius 2 is 1.76 bits per heavy atom. The van der Waals surface area contributed by atoms with Gasteiger partial charge in [0.2, 0.25) is 0 Å². The summed E-state index contributed by atoms with van der Waals surface area (Å²) in [6.45, 7) is -0.554. The minimum Gasteiger partial charge on any atom is -0.385 e. The zero-order valence-corrected chi connectivity index (χ0v) is 21.1. The predicted molar refractivity (Wildman–Crippen MR) is 136 cm³/mol. The van der Waals surface area contributed by atoms with Crippen molar-refractivity contribution in [3.05, 3.63) is 98.1 Å². The number of fused-ring (bicyclic) bond motifs is 1. The maximum atomic E-state index is 14.7. The van der Waals surface area contributed by atoms with Crippen LogP contribution < -0.4 is 10.6 Å². The monoisotopic (exact) mass is 627 g/mol. The van der Waals surface area contributed by atoms with Gasteiger partial charge in [0.15, 0.2) is 23.3 Å². The van der Waals surface area contributed by atoms with Gasteiger partial charge in [0.25, 0.3) is 5.91 Å². The van der Waals surface area contributed by atoms with E-state index in [9.17, 15) is 31.9 Å². The van der Waals surface area contributed by atoms with Crippen LogP contribution in [0, 0.1) is 21.0 Å². The number of hydrogen-bond donors (Lipinski definition) is 3. The Labute approximate surface area is 222 Å². The number of benzene rings is 3. The first-order valence-electron chi connectivity index (χ1n) is 11.2. The Morgan fingerprint density at radius 3 is 2.49 bits per heavy atom. The maximum absolute atomic E-state index is 14.7. The van der Waals surface area contributed by atoms with Crippen molar-refractivity contribution >= 4 is 45.7 Å². The minimum atomic E-state index is -1.46. The summed E-state index contributed by atoms with van der Waals surface area (Å²) in [5, 5.41) is 16.1. The Balaban J connectivity index is 1.29. The molecular formula is C26H19F5IN3O2. The van der Waals surface area contributed by atoms with E-state index >= 15 is 0 Å². The second-order valence-corrected chi connectivity index (χ2v) is 10.2. The largest absolute Gasteiger partial charge is 0.385 e. The number of carbonyl (C=O) groups is 1. The highest BCUT2D eigenvalue weighted by Crippen LogP contribution is 2.42. The van der Waals surface area contributed by atoms with Crippen LogP contribution in [0.4, 0.5) is 33.3 Å². The number of amides is 1. The summed E-state index contributed by atoms with van der Waals surface area (Å²) >= 11 is 1.89. The topological polar surface area (TPSA) is 64.6 Å². The van der Waals surface area contributed by atoms with Crippen molar-refractivity contribution in [3.8, 4) is 0 Å². The van der Waals surface area contributed by atoms with Crippen LogP contribution in [0.2, 0.25) is 0 Å². The highest BCUT2D eigenvalue weighted by molar-refractivity contribution is 14.1. The van der Waals surface area contributed by atoms with E-state index < -0.39 is 52.3 Å². The molecule has 0 aromatic heterocycles. The van der Waals surface area contributed by atoms with Gasteiger partial charge in [-0.15, -0.1) is 0 Å². The summed E-state index contributed by atoms with van der Waals surface area (Å²) in [6, 6.07) is 11.1. The van der Waals surface area contributed by atoms with Crippen LogP contribution in [-0.2, 0) is 0 Å². The van der Waals surface area contributed by atoms with Crippen molar-refractivity contribution in [2.24, 2.45) is 0 Å². The standard InChI is InChI=1S/C26H19F5IN3O2/c27-17-7-6-16(24(21(17)30)34-19-8-5-13(32)9-18(19)28)25(36)35-11-26(37,12-35)10-33-23-15-4-2-1-3-14(15)20(29)22(23)31/h1-9,23,33-34,37H,10-12H2. The van der Waals surface area contributed by atoms with E-state index in [-0.39, 0.29) is 36.4 Å². The molecule has 5 rings (SSSR count). The van der Waals surface area contributed by atoms with Crippen LogP contribution in [0.3, 0.4) is 0 Å². The molecule has 192 valence electrons. The summed E-state index contributed by atoms with van der Waals surface area (Å²) in [5.74, 6) is -5.98. The van der Waals surface area contributed by atoms with E-state index in [2.05, 4.69) is 10.6 Å². The first kappa shape index (κ1) is 25.6. The maximum Gasteiger partial charge on any atom is 0.256 e. The van der Waals surface area contributed by atoms with Gasteiger partial charge in [-0.05, 0) is 58.5 Å². The summed E-state index contributed by atoms with van der Waals surface area (Å²) in [6.07, 6.45) is 0. The second kappa shape index (κ2) is 9.69. The summed E-state index contributed by atoms with van der Waals surface area (Å²) in [5.41, 5.74) is -1.87. The molecule has 37 heavy (non-hydrogen) atoms. The van der Waals surface area contributed by atoms with E-state index in [4.69, 9.17) is 0 Å². The van der Waals surface area contributed by atoms with Gasteiger partial charge in [-0.25, -0.2) is 22.0 Å². The highest BCUT2D eigenvalue weighted by Gasteiger charge is 2.45. The minimum absolute atomic E-state index is 0.137. The smallest absolute Gasteiger partial charge is 0.256 e. The Hall–Kier alpha value is -3.03. The van der Waals surface area contributed by atoms with Crippen LogP contribution in [0.1, 0.15) is 27.5 Å². The molecule has 0 saturated carbocycles.